The van der Waals surface area contributed by atoms with E-state index in [0.29, 0.717) is 11.6 Å². The number of aliphatic hydroxyl groups excluding tert-OH is 1. The van der Waals surface area contributed by atoms with Crippen molar-refractivity contribution in [2.45, 2.75) is 13.0 Å². The number of methoxy groups -OCH3 is 1. The summed E-state index contributed by atoms with van der Waals surface area (Å²) in [6.07, 6.45) is 0.477. The Hall–Kier alpha value is -1.62. The molecule has 5 heteroatoms. The van der Waals surface area contributed by atoms with Gasteiger partial charge in [-0.1, -0.05) is 0 Å². The number of pyridine rings is 1. The highest BCUT2D eigenvalue weighted by atomic mass is 16.5. The summed E-state index contributed by atoms with van der Waals surface area (Å²) >= 11 is 0. The van der Waals surface area contributed by atoms with Gasteiger partial charge in [0.1, 0.15) is 6.10 Å². The number of carbonyl (C=O) groups is 1. The molecule has 14 heavy (non-hydrogen) atoms. The molecule has 0 radical (unpaired) electrons. The summed E-state index contributed by atoms with van der Waals surface area (Å²) in [6.45, 7) is 1.40. The summed E-state index contributed by atoms with van der Waals surface area (Å²) in [5.41, 5.74) is 0.544. The number of amides is 1. The summed E-state index contributed by atoms with van der Waals surface area (Å²) in [5.74, 6) is -0.0494. The molecule has 1 atom stereocenters. The van der Waals surface area contributed by atoms with Crippen LogP contribution in [0, 0.1) is 0 Å². The van der Waals surface area contributed by atoms with Crippen molar-refractivity contribution in [2.24, 2.45) is 0 Å². The molecule has 1 unspecified atom stereocenters. The summed E-state index contributed by atoms with van der Waals surface area (Å²) < 4.78 is 4.87. The third-order valence-electron chi connectivity index (χ3n) is 1.59. The fraction of sp³-hybridized carbons (Fsp3) is 0.333. The number of carbonyl (C=O) groups excluding carboxylic acids is 1. The number of aliphatic hydroxyl groups is 1. The maximum atomic E-state index is 11.1. The highest BCUT2D eigenvalue weighted by Crippen LogP contribution is 2.13. The molecular weight excluding hydrogens is 184 g/mol. The minimum Gasteiger partial charge on any atom is -0.481 e. The van der Waals surface area contributed by atoms with E-state index in [1.165, 1.54) is 20.2 Å². The van der Waals surface area contributed by atoms with Crippen molar-refractivity contribution in [1.82, 2.24) is 4.98 Å². The van der Waals surface area contributed by atoms with E-state index < -0.39 is 12.0 Å². The number of hydrogen-bond donors (Lipinski definition) is 2. The van der Waals surface area contributed by atoms with E-state index in [1.54, 1.807) is 12.1 Å². The van der Waals surface area contributed by atoms with Gasteiger partial charge in [-0.2, -0.15) is 0 Å². The molecule has 0 saturated carbocycles. The zero-order valence-electron chi connectivity index (χ0n) is 8.02. The predicted molar refractivity (Wildman–Crippen MR) is 51.1 cm³/mol. The molecule has 0 bridgehead atoms. The Morgan fingerprint density at radius 3 is 3.00 bits per heavy atom. The van der Waals surface area contributed by atoms with Gasteiger partial charge in [-0.3, -0.25) is 4.79 Å². The zero-order chi connectivity index (χ0) is 10.6. The van der Waals surface area contributed by atoms with E-state index in [4.69, 9.17) is 9.84 Å². The lowest BCUT2D eigenvalue weighted by Gasteiger charge is -2.07. The van der Waals surface area contributed by atoms with Gasteiger partial charge in [-0.15, -0.1) is 0 Å². The first-order chi connectivity index (χ1) is 6.63. The van der Waals surface area contributed by atoms with Crippen LogP contribution in [0.1, 0.15) is 6.92 Å². The van der Waals surface area contributed by atoms with Crippen LogP contribution in [0.25, 0.3) is 0 Å². The van der Waals surface area contributed by atoms with E-state index in [2.05, 4.69) is 10.3 Å². The second-order valence-corrected chi connectivity index (χ2v) is 2.75. The molecule has 0 aliphatic rings. The van der Waals surface area contributed by atoms with Gasteiger partial charge in [0.05, 0.1) is 7.11 Å². The van der Waals surface area contributed by atoms with Gasteiger partial charge >= 0.3 is 0 Å². The SMILES string of the molecule is COc1cc(NC(=O)C(C)O)ccn1. The van der Waals surface area contributed by atoms with Gasteiger partial charge < -0.3 is 15.2 Å². The third kappa shape index (κ3) is 2.70. The van der Waals surface area contributed by atoms with Gasteiger partial charge in [0.15, 0.2) is 0 Å². The molecule has 0 aromatic carbocycles. The van der Waals surface area contributed by atoms with Crippen molar-refractivity contribution in [1.29, 1.82) is 0 Å². The summed E-state index contributed by atoms with van der Waals surface area (Å²) in [7, 11) is 1.49. The maximum absolute atomic E-state index is 11.1. The standard InChI is InChI=1S/C9H12N2O3/c1-6(12)9(13)11-7-3-4-10-8(5-7)14-2/h3-6,12H,1-2H3,(H,10,11,13). The van der Waals surface area contributed by atoms with E-state index in [9.17, 15) is 4.79 Å². The second-order valence-electron chi connectivity index (χ2n) is 2.75. The molecule has 0 fully saturated rings. The van der Waals surface area contributed by atoms with Crippen LogP contribution in [0.15, 0.2) is 18.3 Å². The number of nitrogens with one attached hydrogen (secondary N) is 1. The molecule has 0 spiro atoms. The quantitative estimate of drug-likeness (QED) is 0.734. The number of anilines is 1. The predicted octanol–water partition coefficient (Wildman–Crippen LogP) is 0.409. The lowest BCUT2D eigenvalue weighted by atomic mass is 10.3. The van der Waals surface area contributed by atoms with Crippen molar-refractivity contribution in [3.63, 3.8) is 0 Å². The number of hydrogen-bond acceptors (Lipinski definition) is 4. The normalized spacial score (nSPS) is 11.9. The minimum atomic E-state index is -1.03. The highest BCUT2D eigenvalue weighted by molar-refractivity contribution is 5.93. The molecule has 76 valence electrons. The summed E-state index contributed by atoms with van der Waals surface area (Å²) in [5, 5.41) is 11.5. The van der Waals surface area contributed by atoms with Crippen LogP contribution >= 0.6 is 0 Å². The summed E-state index contributed by atoms with van der Waals surface area (Å²) in [4.78, 5) is 15.0. The molecule has 1 aromatic rings. The monoisotopic (exact) mass is 196 g/mol. The van der Waals surface area contributed by atoms with Crippen LogP contribution in [0.5, 0.6) is 5.88 Å². The largest absolute Gasteiger partial charge is 0.481 e. The van der Waals surface area contributed by atoms with Crippen LogP contribution in [-0.4, -0.2) is 29.2 Å². The fourth-order valence-electron chi connectivity index (χ4n) is 0.846. The molecule has 1 amide bonds. The highest BCUT2D eigenvalue weighted by Gasteiger charge is 2.08. The van der Waals surface area contributed by atoms with Crippen LogP contribution in [-0.2, 0) is 4.79 Å². The number of aromatic nitrogens is 1. The fourth-order valence-corrected chi connectivity index (χ4v) is 0.846. The Morgan fingerprint density at radius 1 is 1.71 bits per heavy atom. The second kappa shape index (κ2) is 4.57. The smallest absolute Gasteiger partial charge is 0.252 e. The van der Waals surface area contributed by atoms with Gasteiger partial charge in [0.2, 0.25) is 5.88 Å². The van der Waals surface area contributed by atoms with E-state index in [0.717, 1.165) is 0 Å². The third-order valence-corrected chi connectivity index (χ3v) is 1.59. The Bertz CT molecular complexity index is 326. The Morgan fingerprint density at radius 2 is 2.43 bits per heavy atom. The maximum Gasteiger partial charge on any atom is 0.252 e. The molecule has 1 rings (SSSR count). The van der Waals surface area contributed by atoms with E-state index in [1.807, 2.05) is 0 Å². The number of nitrogens with zero attached hydrogens (tertiary/aromatic N) is 1. The lowest BCUT2D eigenvalue weighted by Crippen LogP contribution is -2.24. The van der Waals surface area contributed by atoms with Crippen LogP contribution in [0.3, 0.4) is 0 Å². The molecule has 5 nitrogen and oxygen atoms in total. The van der Waals surface area contributed by atoms with Crippen molar-refractivity contribution in [2.75, 3.05) is 12.4 Å². The van der Waals surface area contributed by atoms with Gasteiger partial charge in [0.25, 0.3) is 5.91 Å². The number of ether oxygens (including phenoxy) is 1. The van der Waals surface area contributed by atoms with Crippen molar-refractivity contribution < 1.29 is 14.6 Å². The first-order valence-corrected chi connectivity index (χ1v) is 4.12. The number of rotatable bonds is 3. The average Bonchev–Trinajstić information content (AvgIpc) is 2.18. The van der Waals surface area contributed by atoms with Crippen LogP contribution in [0.2, 0.25) is 0 Å². The molecular formula is C9H12N2O3. The van der Waals surface area contributed by atoms with E-state index >= 15 is 0 Å². The summed E-state index contributed by atoms with van der Waals surface area (Å²) in [6, 6.07) is 3.18. The average molecular weight is 196 g/mol. The molecule has 2 N–H and O–H groups in total. The molecule has 1 heterocycles. The molecule has 0 aliphatic carbocycles. The molecule has 1 aromatic heterocycles. The Labute approximate surface area is 81.7 Å². The first-order valence-electron chi connectivity index (χ1n) is 4.12. The lowest BCUT2D eigenvalue weighted by molar-refractivity contribution is -0.123. The van der Waals surface area contributed by atoms with Gasteiger partial charge in [-0.05, 0) is 13.0 Å². The van der Waals surface area contributed by atoms with Crippen LogP contribution < -0.4 is 10.1 Å². The minimum absolute atomic E-state index is 0.411. The zero-order valence-corrected chi connectivity index (χ0v) is 8.02. The molecule has 0 saturated heterocycles. The van der Waals surface area contributed by atoms with Crippen molar-refractivity contribution in [3.05, 3.63) is 18.3 Å². The first kappa shape index (κ1) is 10.5. The van der Waals surface area contributed by atoms with Crippen molar-refractivity contribution >= 4 is 11.6 Å². The van der Waals surface area contributed by atoms with Gasteiger partial charge in [-0.25, -0.2) is 4.98 Å². The Kier molecular flexibility index (Phi) is 3.41. The van der Waals surface area contributed by atoms with Crippen molar-refractivity contribution in [3.8, 4) is 5.88 Å². The van der Waals surface area contributed by atoms with E-state index in [-0.39, 0.29) is 0 Å². The van der Waals surface area contributed by atoms with Crippen LogP contribution in [0.4, 0.5) is 5.69 Å². The Balaban J connectivity index is 2.72. The van der Waals surface area contributed by atoms with Gasteiger partial charge in [0, 0.05) is 18.0 Å². The molecule has 0 aliphatic heterocycles. The topological polar surface area (TPSA) is 71.5 Å².